The summed E-state index contributed by atoms with van der Waals surface area (Å²) in [5, 5.41) is 11.9. The predicted molar refractivity (Wildman–Crippen MR) is 101 cm³/mol. The second-order valence-electron chi connectivity index (χ2n) is 6.09. The van der Waals surface area contributed by atoms with Gasteiger partial charge < -0.3 is 23.8 Å². The van der Waals surface area contributed by atoms with Crippen LogP contribution < -0.4 is 14.8 Å². The van der Waals surface area contributed by atoms with Crippen LogP contribution in [0.2, 0.25) is 0 Å². The van der Waals surface area contributed by atoms with Crippen molar-refractivity contribution in [3.05, 3.63) is 36.5 Å². The number of nitrogens with one attached hydrogen (secondary N) is 1. The molecule has 0 fully saturated rings. The maximum Gasteiger partial charge on any atom is 0.247 e. The Morgan fingerprint density at radius 3 is 3.04 bits per heavy atom. The summed E-state index contributed by atoms with van der Waals surface area (Å²) in [5.74, 6) is 2.86. The van der Waals surface area contributed by atoms with Crippen molar-refractivity contribution in [2.75, 3.05) is 19.1 Å². The number of hydrogen-bond acceptors (Lipinski definition) is 8. The molecular formula is C18H19N5O4S. The summed E-state index contributed by atoms with van der Waals surface area (Å²) in [6, 6.07) is 5.43. The van der Waals surface area contributed by atoms with Gasteiger partial charge in [-0.2, -0.15) is 0 Å². The number of rotatable bonds is 8. The molecule has 10 heteroatoms. The van der Waals surface area contributed by atoms with E-state index in [0.29, 0.717) is 36.2 Å². The Kier molecular flexibility index (Phi) is 5.47. The lowest BCUT2D eigenvalue weighted by atomic mass is 10.2. The molecule has 0 unspecified atom stereocenters. The fraction of sp³-hybridized carbons (Fsp3) is 0.333. The molecule has 0 saturated carbocycles. The van der Waals surface area contributed by atoms with Gasteiger partial charge in [0.05, 0.1) is 0 Å². The molecule has 1 amide bonds. The molecule has 2 aromatic heterocycles. The van der Waals surface area contributed by atoms with E-state index in [4.69, 9.17) is 13.9 Å². The molecule has 1 aliphatic heterocycles. The number of imidazole rings is 1. The van der Waals surface area contributed by atoms with Crippen LogP contribution in [0.5, 0.6) is 11.5 Å². The molecule has 0 radical (unpaired) electrons. The first-order chi connectivity index (χ1) is 13.7. The molecule has 1 N–H and O–H groups in total. The third kappa shape index (κ3) is 4.28. The maximum atomic E-state index is 12.0. The highest BCUT2D eigenvalue weighted by Crippen LogP contribution is 2.35. The number of amides is 1. The van der Waals surface area contributed by atoms with E-state index in [9.17, 15) is 4.79 Å². The number of aromatic nitrogens is 4. The van der Waals surface area contributed by atoms with Crippen LogP contribution in [0.15, 0.2) is 40.2 Å². The quantitative estimate of drug-likeness (QED) is 0.452. The fourth-order valence-corrected chi connectivity index (χ4v) is 3.42. The Morgan fingerprint density at radius 1 is 1.29 bits per heavy atom. The van der Waals surface area contributed by atoms with Crippen LogP contribution in [-0.4, -0.2) is 44.7 Å². The Labute approximate surface area is 165 Å². The molecule has 28 heavy (non-hydrogen) atoms. The lowest BCUT2D eigenvalue weighted by molar-refractivity contribution is -0.121. The number of thioether (sulfide) groups is 1. The SMILES string of the molecule is Cn1ccnc1SCCNC(=O)CCc1nnc(-c2ccc3c(c2)OCO3)o1. The minimum absolute atomic E-state index is 0.0525. The van der Waals surface area contributed by atoms with Crippen LogP contribution in [-0.2, 0) is 18.3 Å². The standard InChI is InChI=1S/C18H19N5O4S/c1-23-8-6-20-18(23)28-9-7-19-15(24)4-5-16-21-22-17(27-16)12-2-3-13-14(10-12)26-11-25-13/h2-3,6,8,10H,4-5,7,9,11H2,1H3,(H,19,24). The second-order valence-corrected chi connectivity index (χ2v) is 7.15. The molecule has 4 rings (SSSR count). The molecule has 1 aliphatic rings. The minimum Gasteiger partial charge on any atom is -0.454 e. The normalized spacial score (nSPS) is 12.3. The smallest absolute Gasteiger partial charge is 0.247 e. The predicted octanol–water partition coefficient (Wildman–Crippen LogP) is 2.04. The van der Waals surface area contributed by atoms with Crippen LogP contribution in [0.25, 0.3) is 11.5 Å². The molecule has 146 valence electrons. The van der Waals surface area contributed by atoms with Gasteiger partial charge in [-0.25, -0.2) is 4.98 Å². The van der Waals surface area contributed by atoms with Crippen LogP contribution in [0.4, 0.5) is 0 Å². The Hall–Kier alpha value is -3.01. The minimum atomic E-state index is -0.0525. The number of hydrogen-bond donors (Lipinski definition) is 1. The van der Waals surface area contributed by atoms with Gasteiger partial charge in [0.25, 0.3) is 0 Å². The lowest BCUT2D eigenvalue weighted by Crippen LogP contribution is -2.26. The fourth-order valence-electron chi connectivity index (χ4n) is 2.63. The van der Waals surface area contributed by atoms with Gasteiger partial charge in [0.2, 0.25) is 24.5 Å². The van der Waals surface area contributed by atoms with E-state index in [2.05, 4.69) is 20.5 Å². The highest BCUT2D eigenvalue weighted by Gasteiger charge is 2.17. The summed E-state index contributed by atoms with van der Waals surface area (Å²) in [6.07, 6.45) is 4.32. The lowest BCUT2D eigenvalue weighted by Gasteiger charge is -2.04. The number of benzene rings is 1. The van der Waals surface area contributed by atoms with Gasteiger partial charge in [-0.3, -0.25) is 4.79 Å². The summed E-state index contributed by atoms with van der Waals surface area (Å²) in [6.45, 7) is 0.784. The van der Waals surface area contributed by atoms with Gasteiger partial charge >= 0.3 is 0 Å². The Balaban J connectivity index is 1.22. The highest BCUT2D eigenvalue weighted by molar-refractivity contribution is 7.99. The largest absolute Gasteiger partial charge is 0.454 e. The number of aryl methyl sites for hydroxylation is 2. The first kappa shape index (κ1) is 18.4. The highest BCUT2D eigenvalue weighted by atomic mass is 32.2. The third-order valence-corrected chi connectivity index (χ3v) is 5.14. The van der Waals surface area contributed by atoms with Gasteiger partial charge in [0.1, 0.15) is 0 Å². The molecule has 0 bridgehead atoms. The average Bonchev–Trinajstić information content (AvgIpc) is 3.44. The van der Waals surface area contributed by atoms with Crippen LogP contribution in [0.3, 0.4) is 0 Å². The molecule has 1 aromatic carbocycles. The van der Waals surface area contributed by atoms with E-state index in [-0.39, 0.29) is 19.1 Å². The van der Waals surface area contributed by atoms with Gasteiger partial charge in [-0.15, -0.1) is 10.2 Å². The van der Waals surface area contributed by atoms with Crippen molar-refractivity contribution in [2.24, 2.45) is 7.05 Å². The molecule has 3 aromatic rings. The van der Waals surface area contributed by atoms with Crippen LogP contribution in [0.1, 0.15) is 12.3 Å². The molecule has 0 saturated heterocycles. The van der Waals surface area contributed by atoms with E-state index >= 15 is 0 Å². The van der Waals surface area contributed by atoms with E-state index in [1.54, 1.807) is 30.1 Å². The molecule has 3 heterocycles. The zero-order valence-corrected chi connectivity index (χ0v) is 16.1. The van der Waals surface area contributed by atoms with Gasteiger partial charge in [0.15, 0.2) is 16.7 Å². The van der Waals surface area contributed by atoms with Gasteiger partial charge in [0, 0.05) is 50.1 Å². The van der Waals surface area contributed by atoms with Crippen molar-refractivity contribution in [3.8, 4) is 23.0 Å². The molecule has 0 spiro atoms. The number of carbonyl (C=O) groups excluding carboxylic acids is 1. The van der Waals surface area contributed by atoms with Crippen LogP contribution in [0, 0.1) is 0 Å². The van der Waals surface area contributed by atoms with E-state index in [0.717, 1.165) is 16.5 Å². The zero-order chi connectivity index (χ0) is 19.3. The molecule has 0 aliphatic carbocycles. The van der Waals surface area contributed by atoms with E-state index < -0.39 is 0 Å². The van der Waals surface area contributed by atoms with E-state index in [1.165, 1.54) is 0 Å². The summed E-state index contributed by atoms with van der Waals surface area (Å²) in [4.78, 5) is 16.2. The summed E-state index contributed by atoms with van der Waals surface area (Å²) in [5.41, 5.74) is 0.749. The molecular weight excluding hydrogens is 382 g/mol. The number of ether oxygens (including phenoxy) is 2. The maximum absolute atomic E-state index is 12.0. The topological polar surface area (TPSA) is 104 Å². The first-order valence-electron chi connectivity index (χ1n) is 8.78. The van der Waals surface area contributed by atoms with Crippen molar-refractivity contribution in [3.63, 3.8) is 0 Å². The summed E-state index contributed by atoms with van der Waals surface area (Å²) in [7, 11) is 1.94. The van der Waals surface area contributed by atoms with Crippen LogP contribution >= 0.6 is 11.8 Å². The van der Waals surface area contributed by atoms with E-state index in [1.807, 2.05) is 23.9 Å². The number of fused-ring (bicyclic) bond motifs is 1. The molecule has 9 nitrogen and oxygen atoms in total. The first-order valence-corrected chi connectivity index (χ1v) is 9.77. The van der Waals surface area contributed by atoms with Crippen molar-refractivity contribution in [2.45, 2.75) is 18.0 Å². The zero-order valence-electron chi connectivity index (χ0n) is 15.3. The van der Waals surface area contributed by atoms with Gasteiger partial charge in [-0.05, 0) is 18.2 Å². The Bertz CT molecular complexity index is 971. The van der Waals surface area contributed by atoms with Crippen molar-refractivity contribution in [1.82, 2.24) is 25.1 Å². The van der Waals surface area contributed by atoms with Crippen molar-refractivity contribution in [1.29, 1.82) is 0 Å². The number of nitrogens with zero attached hydrogens (tertiary/aromatic N) is 4. The Morgan fingerprint density at radius 2 is 2.18 bits per heavy atom. The summed E-state index contributed by atoms with van der Waals surface area (Å²) >= 11 is 1.60. The summed E-state index contributed by atoms with van der Waals surface area (Å²) < 4.78 is 18.2. The van der Waals surface area contributed by atoms with Crippen molar-refractivity contribution < 1.29 is 18.7 Å². The third-order valence-electron chi connectivity index (χ3n) is 4.08. The van der Waals surface area contributed by atoms with Gasteiger partial charge in [-0.1, -0.05) is 11.8 Å². The monoisotopic (exact) mass is 401 g/mol. The molecule has 0 atom stereocenters. The number of carbonyl (C=O) groups is 1. The average molecular weight is 401 g/mol. The second kappa shape index (κ2) is 8.34. The van der Waals surface area contributed by atoms with Crippen molar-refractivity contribution >= 4 is 17.7 Å².